The van der Waals surface area contributed by atoms with E-state index in [1.165, 1.54) is 6.20 Å². The Labute approximate surface area is 170 Å². The fourth-order valence-electron chi connectivity index (χ4n) is 2.50. The van der Waals surface area contributed by atoms with E-state index in [4.69, 9.17) is 27.9 Å². The first-order valence-electron chi connectivity index (χ1n) is 8.42. The lowest BCUT2D eigenvalue weighted by Gasteiger charge is -2.14. The summed E-state index contributed by atoms with van der Waals surface area (Å²) in [5, 5.41) is 18.3. The van der Waals surface area contributed by atoms with Gasteiger partial charge in [0.1, 0.15) is 30.0 Å². The Balaban J connectivity index is 1.52. The van der Waals surface area contributed by atoms with Crippen LogP contribution in [0, 0.1) is 0 Å². The van der Waals surface area contributed by atoms with Crippen LogP contribution in [0.3, 0.4) is 0 Å². The van der Waals surface area contributed by atoms with Crippen molar-refractivity contribution in [1.29, 1.82) is 0 Å². The molecule has 3 aromatic rings. The van der Waals surface area contributed by atoms with Gasteiger partial charge >= 0.3 is 0 Å². The van der Waals surface area contributed by atoms with E-state index in [1.54, 1.807) is 42.5 Å². The topological polar surface area (TPSA) is 93.5 Å². The first kappa shape index (κ1) is 20.1. The lowest BCUT2D eigenvalue weighted by Crippen LogP contribution is -2.39. The normalized spacial score (nSPS) is 12.0. The first-order chi connectivity index (χ1) is 13.5. The number of aromatic nitrogens is 2. The van der Waals surface area contributed by atoms with Crippen molar-refractivity contribution in [3.8, 4) is 5.75 Å². The number of amides is 1. The van der Waals surface area contributed by atoms with Crippen LogP contribution >= 0.6 is 23.2 Å². The van der Waals surface area contributed by atoms with Gasteiger partial charge in [0.25, 0.3) is 5.56 Å². The second-order valence-electron chi connectivity index (χ2n) is 6.02. The first-order valence-corrected chi connectivity index (χ1v) is 9.17. The number of aliphatic hydroxyl groups is 1. The standard InChI is InChI=1S/C19H17Cl2N3O4/c20-15-6-3-7-16(18(15)21)28-11-13(25)9-22-17(26)10-24-19(27)14-5-2-1-4-12(14)8-23-24/h1-8,13,25H,9-11H2,(H,22,26). The maximum Gasteiger partial charge on any atom is 0.275 e. The molecule has 28 heavy (non-hydrogen) atoms. The van der Waals surface area contributed by atoms with Crippen LogP contribution in [0.15, 0.2) is 53.5 Å². The molecule has 146 valence electrons. The maximum atomic E-state index is 12.3. The van der Waals surface area contributed by atoms with Crippen molar-refractivity contribution in [2.45, 2.75) is 12.6 Å². The average Bonchev–Trinajstić information content (AvgIpc) is 2.70. The molecule has 0 aliphatic rings. The van der Waals surface area contributed by atoms with E-state index in [0.717, 1.165) is 4.68 Å². The van der Waals surface area contributed by atoms with Gasteiger partial charge in [-0.05, 0) is 18.2 Å². The number of nitrogens with zero attached hydrogens (tertiary/aromatic N) is 2. The van der Waals surface area contributed by atoms with E-state index in [0.29, 0.717) is 21.5 Å². The van der Waals surface area contributed by atoms with E-state index in [9.17, 15) is 14.7 Å². The number of benzene rings is 2. The largest absolute Gasteiger partial charge is 0.489 e. The van der Waals surface area contributed by atoms with Crippen molar-refractivity contribution >= 4 is 39.9 Å². The van der Waals surface area contributed by atoms with Crippen molar-refractivity contribution < 1.29 is 14.6 Å². The summed E-state index contributed by atoms with van der Waals surface area (Å²) < 4.78 is 6.49. The molecule has 1 amide bonds. The highest BCUT2D eigenvalue weighted by Crippen LogP contribution is 2.31. The summed E-state index contributed by atoms with van der Waals surface area (Å²) >= 11 is 11.9. The summed E-state index contributed by atoms with van der Waals surface area (Å²) in [6, 6.07) is 11.9. The van der Waals surface area contributed by atoms with Gasteiger partial charge in [0.15, 0.2) is 0 Å². The Morgan fingerprint density at radius 2 is 2.00 bits per heavy atom. The zero-order valence-corrected chi connectivity index (χ0v) is 16.2. The minimum Gasteiger partial charge on any atom is -0.489 e. The number of carbonyl (C=O) groups excluding carboxylic acids is 1. The number of hydrogen-bond acceptors (Lipinski definition) is 5. The molecule has 9 heteroatoms. The predicted molar refractivity (Wildman–Crippen MR) is 107 cm³/mol. The summed E-state index contributed by atoms with van der Waals surface area (Å²) in [4.78, 5) is 24.4. The number of halogens is 2. The van der Waals surface area contributed by atoms with Gasteiger partial charge in [0.2, 0.25) is 5.91 Å². The number of ether oxygens (including phenoxy) is 1. The molecular weight excluding hydrogens is 405 g/mol. The van der Waals surface area contributed by atoms with Gasteiger partial charge in [0.05, 0.1) is 16.6 Å². The minimum atomic E-state index is -0.972. The third-order valence-electron chi connectivity index (χ3n) is 3.94. The number of nitrogens with one attached hydrogen (secondary N) is 1. The average molecular weight is 422 g/mol. The minimum absolute atomic E-state index is 0.0562. The lowest BCUT2D eigenvalue weighted by molar-refractivity contribution is -0.122. The molecule has 1 heterocycles. The van der Waals surface area contributed by atoms with Crippen LogP contribution < -0.4 is 15.6 Å². The third kappa shape index (κ3) is 4.81. The molecule has 0 saturated heterocycles. The van der Waals surface area contributed by atoms with Crippen LogP contribution in [-0.4, -0.2) is 40.0 Å². The van der Waals surface area contributed by atoms with Crippen molar-refractivity contribution in [2.24, 2.45) is 0 Å². The predicted octanol–water partition coefficient (Wildman–Crippen LogP) is 2.26. The molecule has 1 unspecified atom stereocenters. The molecule has 0 spiro atoms. The zero-order chi connectivity index (χ0) is 20.1. The summed E-state index contributed by atoms with van der Waals surface area (Å²) in [6.45, 7) is -0.398. The molecule has 1 atom stereocenters. The van der Waals surface area contributed by atoms with Crippen molar-refractivity contribution in [3.63, 3.8) is 0 Å². The molecule has 7 nitrogen and oxygen atoms in total. The Morgan fingerprint density at radius 1 is 1.21 bits per heavy atom. The number of fused-ring (bicyclic) bond motifs is 1. The molecule has 2 aromatic carbocycles. The fraction of sp³-hybridized carbons (Fsp3) is 0.211. The molecule has 1 aromatic heterocycles. The molecule has 0 radical (unpaired) electrons. The zero-order valence-electron chi connectivity index (χ0n) is 14.6. The lowest BCUT2D eigenvalue weighted by atomic mass is 10.2. The van der Waals surface area contributed by atoms with Crippen molar-refractivity contribution in [2.75, 3.05) is 13.2 Å². The van der Waals surface area contributed by atoms with Gasteiger partial charge in [-0.15, -0.1) is 0 Å². The Hall–Kier alpha value is -2.61. The Morgan fingerprint density at radius 3 is 2.82 bits per heavy atom. The molecule has 0 aliphatic heterocycles. The van der Waals surface area contributed by atoms with Gasteiger partial charge in [0, 0.05) is 11.9 Å². The molecular formula is C19H17Cl2N3O4. The molecule has 0 saturated carbocycles. The van der Waals surface area contributed by atoms with Crippen LogP contribution in [-0.2, 0) is 11.3 Å². The number of hydrogen-bond donors (Lipinski definition) is 2. The number of aliphatic hydroxyl groups excluding tert-OH is 1. The quantitative estimate of drug-likeness (QED) is 0.610. The van der Waals surface area contributed by atoms with Gasteiger partial charge in [-0.3, -0.25) is 9.59 Å². The van der Waals surface area contributed by atoms with Gasteiger partial charge in [-0.25, -0.2) is 4.68 Å². The Bertz CT molecular complexity index is 1050. The van der Waals surface area contributed by atoms with Gasteiger partial charge < -0.3 is 15.2 Å². The number of rotatable bonds is 7. The number of carbonyl (C=O) groups is 1. The van der Waals surface area contributed by atoms with Crippen LogP contribution in [0.1, 0.15) is 0 Å². The highest BCUT2D eigenvalue weighted by atomic mass is 35.5. The van der Waals surface area contributed by atoms with Crippen molar-refractivity contribution in [1.82, 2.24) is 15.1 Å². The Kier molecular flexibility index (Phi) is 6.51. The van der Waals surface area contributed by atoms with E-state index < -0.39 is 12.0 Å². The molecule has 0 bridgehead atoms. The van der Waals surface area contributed by atoms with E-state index in [2.05, 4.69) is 10.4 Å². The second-order valence-corrected chi connectivity index (χ2v) is 6.80. The summed E-state index contributed by atoms with van der Waals surface area (Å²) in [6.07, 6.45) is 0.557. The summed E-state index contributed by atoms with van der Waals surface area (Å²) in [5.74, 6) is -0.115. The highest BCUT2D eigenvalue weighted by Gasteiger charge is 2.12. The highest BCUT2D eigenvalue weighted by molar-refractivity contribution is 6.42. The molecule has 0 fully saturated rings. The smallest absolute Gasteiger partial charge is 0.275 e. The summed E-state index contributed by atoms with van der Waals surface area (Å²) in [7, 11) is 0. The van der Waals surface area contributed by atoms with Crippen LogP contribution in [0.4, 0.5) is 0 Å². The van der Waals surface area contributed by atoms with E-state index in [-0.39, 0.29) is 30.3 Å². The van der Waals surface area contributed by atoms with Gasteiger partial charge in [-0.1, -0.05) is 47.5 Å². The van der Waals surface area contributed by atoms with Crippen LogP contribution in [0.5, 0.6) is 5.75 Å². The van der Waals surface area contributed by atoms with Gasteiger partial charge in [-0.2, -0.15) is 5.10 Å². The van der Waals surface area contributed by atoms with E-state index >= 15 is 0 Å². The second kappa shape index (κ2) is 9.05. The van der Waals surface area contributed by atoms with Crippen LogP contribution in [0.25, 0.3) is 10.8 Å². The molecule has 0 aliphatic carbocycles. The van der Waals surface area contributed by atoms with E-state index in [1.807, 2.05) is 0 Å². The monoisotopic (exact) mass is 421 g/mol. The molecule has 3 rings (SSSR count). The summed E-state index contributed by atoms with van der Waals surface area (Å²) in [5.41, 5.74) is -0.354. The SMILES string of the molecule is O=C(Cn1ncc2ccccc2c1=O)NCC(O)COc1cccc(Cl)c1Cl. The maximum absolute atomic E-state index is 12.3. The molecule has 2 N–H and O–H groups in total. The van der Waals surface area contributed by atoms with Crippen molar-refractivity contribution in [3.05, 3.63) is 69.1 Å². The third-order valence-corrected chi connectivity index (χ3v) is 4.74. The van der Waals surface area contributed by atoms with Crippen LogP contribution in [0.2, 0.25) is 10.0 Å². The fourth-order valence-corrected chi connectivity index (χ4v) is 2.85.